The summed E-state index contributed by atoms with van der Waals surface area (Å²) in [5.41, 5.74) is 1.18. The Morgan fingerprint density at radius 3 is 2.76 bits per heavy atom. The lowest BCUT2D eigenvalue weighted by Gasteiger charge is -2.24. The molecule has 0 saturated carbocycles. The van der Waals surface area contributed by atoms with E-state index >= 15 is 0 Å². The molecule has 0 N–H and O–H groups in total. The molecule has 1 aliphatic heterocycles. The average Bonchev–Trinajstić information content (AvgIpc) is 3.13. The molecule has 21 heavy (non-hydrogen) atoms. The number of rotatable bonds is 7. The Hall–Kier alpha value is -1.36. The third-order valence-electron chi connectivity index (χ3n) is 4.46. The number of carbonyl (C=O) groups is 1. The van der Waals surface area contributed by atoms with Crippen molar-refractivity contribution in [2.45, 2.75) is 45.1 Å². The molecule has 5 nitrogen and oxygen atoms in total. The fraction of sp³-hybridized carbons (Fsp3) is 0.750. The molecule has 1 saturated heterocycles. The third-order valence-corrected chi connectivity index (χ3v) is 4.46. The lowest BCUT2D eigenvalue weighted by atomic mass is 10.1. The molecule has 1 unspecified atom stereocenters. The normalized spacial score (nSPS) is 17.1. The molecule has 1 aromatic heterocycles. The van der Waals surface area contributed by atoms with Crippen LogP contribution in [-0.4, -0.2) is 58.2 Å². The van der Waals surface area contributed by atoms with E-state index in [0.29, 0.717) is 12.5 Å². The minimum absolute atomic E-state index is 0.255. The van der Waals surface area contributed by atoms with E-state index in [2.05, 4.69) is 16.9 Å². The van der Waals surface area contributed by atoms with Gasteiger partial charge >= 0.3 is 0 Å². The highest BCUT2D eigenvalue weighted by atomic mass is 16.2. The van der Waals surface area contributed by atoms with Crippen LogP contribution in [0.5, 0.6) is 0 Å². The number of carbonyl (C=O) groups excluding carboxylic acids is 1. The molecule has 1 aliphatic rings. The lowest BCUT2D eigenvalue weighted by Crippen LogP contribution is -2.33. The first-order chi connectivity index (χ1) is 10.1. The van der Waals surface area contributed by atoms with Gasteiger partial charge in [-0.25, -0.2) is 0 Å². The van der Waals surface area contributed by atoms with E-state index in [1.54, 1.807) is 4.68 Å². The maximum absolute atomic E-state index is 12.2. The van der Waals surface area contributed by atoms with Crippen molar-refractivity contribution in [1.82, 2.24) is 19.6 Å². The van der Waals surface area contributed by atoms with Crippen molar-refractivity contribution in [3.8, 4) is 0 Å². The van der Waals surface area contributed by atoms with Crippen LogP contribution < -0.4 is 0 Å². The molecule has 1 amide bonds. The third kappa shape index (κ3) is 4.84. The van der Waals surface area contributed by atoms with Gasteiger partial charge in [0.05, 0.1) is 6.20 Å². The fourth-order valence-electron chi connectivity index (χ4n) is 2.91. The van der Waals surface area contributed by atoms with Crippen molar-refractivity contribution in [2.75, 3.05) is 26.7 Å². The van der Waals surface area contributed by atoms with Crippen LogP contribution in [-0.2, 0) is 18.3 Å². The van der Waals surface area contributed by atoms with Gasteiger partial charge in [-0.1, -0.05) is 0 Å². The average molecular weight is 292 g/mol. The number of likely N-dealkylation sites (tertiary alicyclic amines) is 1. The molecule has 0 radical (unpaired) electrons. The monoisotopic (exact) mass is 292 g/mol. The van der Waals surface area contributed by atoms with Crippen LogP contribution in [0.15, 0.2) is 12.4 Å². The topological polar surface area (TPSA) is 41.4 Å². The van der Waals surface area contributed by atoms with Crippen LogP contribution in [0.1, 0.15) is 38.2 Å². The predicted octanol–water partition coefficient (Wildman–Crippen LogP) is 1.69. The first-order valence-electron chi connectivity index (χ1n) is 8.02. The molecule has 0 spiro atoms. The zero-order valence-electron chi connectivity index (χ0n) is 13.6. The zero-order chi connectivity index (χ0) is 15.2. The minimum Gasteiger partial charge on any atom is -0.345 e. The molecule has 1 atom stereocenters. The molecule has 118 valence electrons. The fourth-order valence-corrected chi connectivity index (χ4v) is 2.91. The zero-order valence-corrected chi connectivity index (χ0v) is 13.6. The predicted molar refractivity (Wildman–Crippen MR) is 84.1 cm³/mol. The molecule has 2 heterocycles. The van der Waals surface area contributed by atoms with Gasteiger partial charge in [0, 0.05) is 39.3 Å². The van der Waals surface area contributed by atoms with Crippen molar-refractivity contribution < 1.29 is 4.79 Å². The molecule has 5 heteroatoms. The number of amides is 1. The van der Waals surface area contributed by atoms with Crippen molar-refractivity contribution >= 4 is 5.91 Å². The Kier molecular flexibility index (Phi) is 5.79. The van der Waals surface area contributed by atoms with Gasteiger partial charge in [-0.2, -0.15) is 5.10 Å². The summed E-state index contributed by atoms with van der Waals surface area (Å²) in [5.74, 6) is 0.255. The number of hydrogen-bond donors (Lipinski definition) is 0. The number of aromatic nitrogens is 2. The summed E-state index contributed by atoms with van der Waals surface area (Å²) in [6.07, 6.45) is 8.99. The van der Waals surface area contributed by atoms with Gasteiger partial charge in [0.25, 0.3) is 0 Å². The smallest absolute Gasteiger partial charge is 0.222 e. The van der Waals surface area contributed by atoms with Gasteiger partial charge in [-0.3, -0.25) is 9.48 Å². The lowest BCUT2D eigenvalue weighted by molar-refractivity contribution is -0.130. The Bertz CT molecular complexity index is 451. The maximum atomic E-state index is 12.2. The first-order valence-corrected chi connectivity index (χ1v) is 8.02. The second-order valence-corrected chi connectivity index (χ2v) is 6.22. The van der Waals surface area contributed by atoms with Crippen molar-refractivity contribution in [3.63, 3.8) is 0 Å². The van der Waals surface area contributed by atoms with Crippen LogP contribution in [0.3, 0.4) is 0 Å². The highest BCUT2D eigenvalue weighted by Crippen LogP contribution is 2.15. The molecule has 2 rings (SSSR count). The second kappa shape index (κ2) is 7.59. The van der Waals surface area contributed by atoms with E-state index in [1.165, 1.54) is 31.5 Å². The summed E-state index contributed by atoms with van der Waals surface area (Å²) in [5, 5.41) is 4.15. The highest BCUT2D eigenvalue weighted by Gasteiger charge is 2.19. The Morgan fingerprint density at radius 2 is 2.14 bits per heavy atom. The van der Waals surface area contributed by atoms with Gasteiger partial charge in [0.15, 0.2) is 0 Å². The van der Waals surface area contributed by atoms with Gasteiger partial charge in [0.1, 0.15) is 0 Å². The molecule has 1 aromatic rings. The van der Waals surface area contributed by atoms with E-state index in [4.69, 9.17) is 0 Å². The molecular formula is C16H28N4O. The summed E-state index contributed by atoms with van der Waals surface area (Å²) in [4.78, 5) is 16.5. The van der Waals surface area contributed by atoms with Crippen LogP contribution in [0, 0.1) is 0 Å². The summed E-state index contributed by atoms with van der Waals surface area (Å²) < 4.78 is 1.80. The van der Waals surface area contributed by atoms with Crippen LogP contribution in [0.25, 0.3) is 0 Å². The highest BCUT2D eigenvalue weighted by molar-refractivity contribution is 5.75. The number of hydrogen-bond acceptors (Lipinski definition) is 3. The molecule has 0 bridgehead atoms. The second-order valence-electron chi connectivity index (χ2n) is 6.22. The van der Waals surface area contributed by atoms with E-state index in [0.717, 1.165) is 19.4 Å². The van der Waals surface area contributed by atoms with E-state index < -0.39 is 0 Å². The number of likely N-dealkylation sites (N-methyl/N-ethyl adjacent to an activating group) is 1. The SMILES string of the molecule is CC(CCC(=O)N(C)CCc1cnn(C)c1)N1CCCC1. The summed E-state index contributed by atoms with van der Waals surface area (Å²) >= 11 is 0. The maximum Gasteiger partial charge on any atom is 0.222 e. The summed E-state index contributed by atoms with van der Waals surface area (Å²) in [6, 6.07) is 0.531. The molecule has 0 aromatic carbocycles. The largest absolute Gasteiger partial charge is 0.345 e. The quantitative estimate of drug-likeness (QED) is 0.768. The standard InChI is InChI=1S/C16H28N4O/c1-14(20-9-4-5-10-20)6-7-16(21)18(2)11-8-15-12-17-19(3)13-15/h12-14H,4-11H2,1-3H3. The Morgan fingerprint density at radius 1 is 1.43 bits per heavy atom. The van der Waals surface area contributed by atoms with Crippen LogP contribution in [0.2, 0.25) is 0 Å². The van der Waals surface area contributed by atoms with Crippen LogP contribution in [0.4, 0.5) is 0 Å². The van der Waals surface area contributed by atoms with Crippen molar-refractivity contribution in [2.24, 2.45) is 7.05 Å². The Labute approximate surface area is 127 Å². The molecule has 0 aliphatic carbocycles. The number of nitrogens with zero attached hydrogens (tertiary/aromatic N) is 4. The van der Waals surface area contributed by atoms with E-state index in [1.807, 2.05) is 31.4 Å². The van der Waals surface area contributed by atoms with E-state index in [9.17, 15) is 4.79 Å². The first kappa shape index (κ1) is 16.0. The molecule has 1 fully saturated rings. The van der Waals surface area contributed by atoms with Gasteiger partial charge in [0.2, 0.25) is 5.91 Å². The van der Waals surface area contributed by atoms with Gasteiger partial charge < -0.3 is 9.80 Å². The van der Waals surface area contributed by atoms with Crippen LogP contribution >= 0.6 is 0 Å². The number of aryl methyl sites for hydroxylation is 1. The van der Waals surface area contributed by atoms with Crippen molar-refractivity contribution in [3.05, 3.63) is 18.0 Å². The van der Waals surface area contributed by atoms with Crippen molar-refractivity contribution in [1.29, 1.82) is 0 Å². The molecular weight excluding hydrogens is 264 g/mol. The van der Waals surface area contributed by atoms with Gasteiger partial charge in [-0.15, -0.1) is 0 Å². The summed E-state index contributed by atoms with van der Waals surface area (Å²) in [7, 11) is 3.82. The van der Waals surface area contributed by atoms with Gasteiger partial charge in [-0.05, 0) is 51.3 Å². The Balaban J connectivity index is 1.67. The minimum atomic E-state index is 0.255. The van der Waals surface area contributed by atoms with E-state index in [-0.39, 0.29) is 5.91 Å². The summed E-state index contributed by atoms with van der Waals surface area (Å²) in [6.45, 7) is 5.41.